The van der Waals surface area contributed by atoms with Crippen LogP contribution in [0.3, 0.4) is 0 Å². The largest absolute Gasteiger partial charge is 0.441 e. The molecule has 100 valence electrons. The lowest BCUT2D eigenvalue weighted by atomic mass is 10.2. The Kier molecular flexibility index (Phi) is 3.21. The Balaban J connectivity index is 1.78. The van der Waals surface area contributed by atoms with Gasteiger partial charge in [-0.15, -0.1) is 0 Å². The van der Waals surface area contributed by atoms with E-state index in [4.69, 9.17) is 4.42 Å². The molecule has 1 aromatic carbocycles. The second-order valence-electron chi connectivity index (χ2n) is 4.78. The fourth-order valence-electron chi connectivity index (χ4n) is 2.34. The number of nitrogens with one attached hydrogen (secondary N) is 2. The lowest BCUT2D eigenvalue weighted by Crippen LogP contribution is -2.35. The molecule has 0 radical (unpaired) electrons. The van der Waals surface area contributed by atoms with Crippen molar-refractivity contribution in [2.45, 2.75) is 32.2 Å². The van der Waals surface area contributed by atoms with Crippen molar-refractivity contribution in [1.29, 1.82) is 0 Å². The topological polar surface area (TPSA) is 67.2 Å². The molecule has 1 atom stereocenters. The van der Waals surface area contributed by atoms with Crippen molar-refractivity contribution in [2.75, 3.05) is 11.9 Å². The Morgan fingerprint density at radius 3 is 3.21 bits per heavy atom. The second-order valence-corrected chi connectivity index (χ2v) is 4.78. The van der Waals surface area contributed by atoms with E-state index in [0.717, 1.165) is 48.5 Å². The third kappa shape index (κ3) is 2.46. The molecule has 1 aliphatic heterocycles. The number of benzene rings is 1. The number of rotatable bonds is 3. The fourth-order valence-corrected chi connectivity index (χ4v) is 2.34. The number of carbonyl (C=O) groups excluding carboxylic acids is 1. The number of hydrogen-bond donors (Lipinski definition) is 2. The average molecular weight is 259 g/mol. The summed E-state index contributed by atoms with van der Waals surface area (Å²) in [5.74, 6) is 0.743. The van der Waals surface area contributed by atoms with E-state index < -0.39 is 0 Å². The Morgan fingerprint density at radius 1 is 1.58 bits per heavy atom. The number of anilines is 1. The van der Waals surface area contributed by atoms with Crippen LogP contribution in [0, 0.1) is 0 Å². The summed E-state index contributed by atoms with van der Waals surface area (Å²) in [6.45, 7) is 2.92. The lowest BCUT2D eigenvalue weighted by Gasteiger charge is -2.10. The third-order valence-corrected chi connectivity index (χ3v) is 3.38. The number of hydrogen-bond acceptors (Lipinski definition) is 4. The molecular formula is C14H17N3O2. The van der Waals surface area contributed by atoms with Crippen LogP contribution in [-0.4, -0.2) is 23.5 Å². The molecule has 19 heavy (non-hydrogen) atoms. The molecule has 0 bridgehead atoms. The SMILES string of the molecule is CCc1nc2cc(NC(=O)C3CCCN3)ccc2o1. The summed E-state index contributed by atoms with van der Waals surface area (Å²) in [6.07, 6.45) is 2.72. The molecule has 1 fully saturated rings. The molecule has 1 amide bonds. The molecule has 1 aromatic heterocycles. The predicted octanol–water partition coefficient (Wildman–Crippen LogP) is 2.08. The molecule has 3 rings (SSSR count). The van der Waals surface area contributed by atoms with Gasteiger partial charge in [0.2, 0.25) is 5.91 Å². The summed E-state index contributed by atoms with van der Waals surface area (Å²) in [4.78, 5) is 16.4. The first kappa shape index (κ1) is 12.2. The standard InChI is InChI=1S/C14H17N3O2/c1-2-13-17-11-8-9(5-6-12(11)19-13)16-14(18)10-4-3-7-15-10/h5-6,8,10,15H,2-4,7H2,1H3,(H,16,18). The van der Waals surface area contributed by atoms with Crippen LogP contribution in [0.4, 0.5) is 5.69 Å². The number of amides is 1. The van der Waals surface area contributed by atoms with E-state index in [-0.39, 0.29) is 11.9 Å². The highest BCUT2D eigenvalue weighted by Gasteiger charge is 2.22. The maximum absolute atomic E-state index is 12.0. The van der Waals surface area contributed by atoms with Gasteiger partial charge in [0.15, 0.2) is 11.5 Å². The highest BCUT2D eigenvalue weighted by Crippen LogP contribution is 2.20. The van der Waals surface area contributed by atoms with Crippen molar-refractivity contribution in [3.63, 3.8) is 0 Å². The predicted molar refractivity (Wildman–Crippen MR) is 73.0 cm³/mol. The monoisotopic (exact) mass is 259 g/mol. The smallest absolute Gasteiger partial charge is 0.241 e. The van der Waals surface area contributed by atoms with Crippen molar-refractivity contribution in [2.24, 2.45) is 0 Å². The van der Waals surface area contributed by atoms with E-state index in [1.165, 1.54) is 0 Å². The highest BCUT2D eigenvalue weighted by molar-refractivity contribution is 5.96. The van der Waals surface area contributed by atoms with E-state index >= 15 is 0 Å². The summed E-state index contributed by atoms with van der Waals surface area (Å²) in [6, 6.07) is 5.48. The summed E-state index contributed by atoms with van der Waals surface area (Å²) in [5, 5.41) is 6.10. The fraction of sp³-hybridized carbons (Fsp3) is 0.429. The van der Waals surface area contributed by atoms with Gasteiger partial charge in [-0.2, -0.15) is 0 Å². The molecule has 2 heterocycles. The van der Waals surface area contributed by atoms with Gasteiger partial charge in [0, 0.05) is 12.1 Å². The second kappa shape index (κ2) is 5.01. The van der Waals surface area contributed by atoms with E-state index in [0.29, 0.717) is 0 Å². The first-order valence-corrected chi connectivity index (χ1v) is 6.70. The van der Waals surface area contributed by atoms with E-state index in [1.807, 2.05) is 25.1 Å². The Labute approximate surface area is 111 Å². The maximum Gasteiger partial charge on any atom is 0.241 e. The molecule has 0 saturated carbocycles. The Morgan fingerprint density at radius 2 is 2.47 bits per heavy atom. The number of fused-ring (bicyclic) bond motifs is 1. The molecule has 1 unspecified atom stereocenters. The van der Waals surface area contributed by atoms with Crippen LogP contribution in [0.25, 0.3) is 11.1 Å². The van der Waals surface area contributed by atoms with Gasteiger partial charge in [-0.25, -0.2) is 4.98 Å². The zero-order chi connectivity index (χ0) is 13.2. The molecule has 0 spiro atoms. The van der Waals surface area contributed by atoms with Gasteiger partial charge in [0.1, 0.15) is 5.52 Å². The van der Waals surface area contributed by atoms with Crippen LogP contribution in [0.5, 0.6) is 0 Å². The molecule has 2 aromatic rings. The minimum atomic E-state index is -0.0702. The number of nitrogens with zero attached hydrogens (tertiary/aromatic N) is 1. The summed E-state index contributed by atoms with van der Waals surface area (Å²) in [7, 11) is 0. The maximum atomic E-state index is 12.0. The van der Waals surface area contributed by atoms with Crippen molar-refractivity contribution >= 4 is 22.7 Å². The van der Waals surface area contributed by atoms with E-state index in [1.54, 1.807) is 0 Å². The molecule has 5 nitrogen and oxygen atoms in total. The highest BCUT2D eigenvalue weighted by atomic mass is 16.3. The van der Waals surface area contributed by atoms with Crippen molar-refractivity contribution in [3.05, 3.63) is 24.1 Å². The molecular weight excluding hydrogens is 242 g/mol. The Hall–Kier alpha value is -1.88. The van der Waals surface area contributed by atoms with Crippen molar-refractivity contribution in [3.8, 4) is 0 Å². The van der Waals surface area contributed by atoms with Gasteiger partial charge in [0.05, 0.1) is 6.04 Å². The number of carbonyl (C=O) groups is 1. The summed E-state index contributed by atoms with van der Waals surface area (Å²) >= 11 is 0. The summed E-state index contributed by atoms with van der Waals surface area (Å²) in [5.41, 5.74) is 2.31. The van der Waals surface area contributed by atoms with E-state index in [9.17, 15) is 4.79 Å². The van der Waals surface area contributed by atoms with Crippen molar-refractivity contribution in [1.82, 2.24) is 10.3 Å². The van der Waals surface area contributed by atoms with Gasteiger partial charge in [-0.1, -0.05) is 6.92 Å². The molecule has 1 saturated heterocycles. The third-order valence-electron chi connectivity index (χ3n) is 3.38. The zero-order valence-electron chi connectivity index (χ0n) is 10.9. The van der Waals surface area contributed by atoms with Crippen molar-refractivity contribution < 1.29 is 9.21 Å². The number of oxazole rings is 1. The first-order valence-electron chi connectivity index (χ1n) is 6.70. The zero-order valence-corrected chi connectivity index (χ0v) is 10.9. The average Bonchev–Trinajstić information content (AvgIpc) is 3.07. The van der Waals surface area contributed by atoms with Crippen LogP contribution < -0.4 is 10.6 Å². The molecule has 1 aliphatic rings. The normalized spacial score (nSPS) is 18.9. The van der Waals surface area contributed by atoms with E-state index in [2.05, 4.69) is 15.6 Å². The van der Waals surface area contributed by atoms with Crippen LogP contribution in [0.2, 0.25) is 0 Å². The molecule has 0 aliphatic carbocycles. The Bertz CT molecular complexity index is 600. The van der Waals surface area contributed by atoms with Crippen LogP contribution in [0.1, 0.15) is 25.7 Å². The summed E-state index contributed by atoms with van der Waals surface area (Å²) < 4.78 is 5.54. The first-order chi connectivity index (χ1) is 9.26. The quantitative estimate of drug-likeness (QED) is 0.885. The van der Waals surface area contributed by atoms with Crippen LogP contribution in [-0.2, 0) is 11.2 Å². The van der Waals surface area contributed by atoms with Crippen LogP contribution in [0.15, 0.2) is 22.6 Å². The van der Waals surface area contributed by atoms with Gasteiger partial charge in [-0.3, -0.25) is 4.79 Å². The number of aromatic nitrogens is 1. The minimum absolute atomic E-state index is 0.0241. The van der Waals surface area contributed by atoms with Gasteiger partial charge in [-0.05, 0) is 37.6 Å². The van der Waals surface area contributed by atoms with Gasteiger partial charge in [0.25, 0.3) is 0 Å². The van der Waals surface area contributed by atoms with Crippen LogP contribution >= 0.6 is 0 Å². The minimum Gasteiger partial charge on any atom is -0.441 e. The van der Waals surface area contributed by atoms with Gasteiger partial charge >= 0.3 is 0 Å². The molecule has 5 heteroatoms. The lowest BCUT2D eigenvalue weighted by molar-refractivity contribution is -0.117. The molecule has 2 N–H and O–H groups in total. The van der Waals surface area contributed by atoms with Gasteiger partial charge < -0.3 is 15.1 Å². The number of aryl methyl sites for hydroxylation is 1.